The monoisotopic (exact) mass is 221 g/mol. The maximum Gasteiger partial charge on any atom is 0.396 e. The standard InChI is InChI=1S/C12H15NO3/c1-9(13-11(14)12(15)16-2)8-10-6-4-3-5-7-10/h3-7,9H,8H2,1-2H3,(H,13,14). The molecule has 0 fully saturated rings. The van der Waals surface area contributed by atoms with Crippen molar-refractivity contribution in [3.05, 3.63) is 35.9 Å². The van der Waals surface area contributed by atoms with Gasteiger partial charge in [0.2, 0.25) is 0 Å². The van der Waals surface area contributed by atoms with Crippen LogP contribution in [0.3, 0.4) is 0 Å². The molecule has 1 N–H and O–H groups in total. The van der Waals surface area contributed by atoms with E-state index in [1.807, 2.05) is 37.3 Å². The number of ether oxygens (including phenoxy) is 1. The molecule has 0 spiro atoms. The van der Waals surface area contributed by atoms with Gasteiger partial charge in [-0.15, -0.1) is 0 Å². The lowest BCUT2D eigenvalue weighted by Crippen LogP contribution is -2.39. The van der Waals surface area contributed by atoms with Crippen LogP contribution in [0.2, 0.25) is 0 Å². The van der Waals surface area contributed by atoms with Crippen molar-refractivity contribution in [3.8, 4) is 0 Å². The number of hydrogen-bond donors (Lipinski definition) is 1. The quantitative estimate of drug-likeness (QED) is 0.609. The highest BCUT2D eigenvalue weighted by atomic mass is 16.5. The van der Waals surface area contributed by atoms with Crippen molar-refractivity contribution < 1.29 is 14.3 Å². The number of methoxy groups -OCH3 is 1. The Bertz CT molecular complexity index is 362. The van der Waals surface area contributed by atoms with Gasteiger partial charge in [-0.3, -0.25) is 4.79 Å². The largest absolute Gasteiger partial charge is 0.462 e. The molecule has 0 heterocycles. The van der Waals surface area contributed by atoms with Gasteiger partial charge in [-0.1, -0.05) is 30.3 Å². The maximum absolute atomic E-state index is 11.2. The molecule has 0 aliphatic rings. The van der Waals surface area contributed by atoms with Gasteiger partial charge in [0.05, 0.1) is 7.11 Å². The molecule has 1 rings (SSSR count). The van der Waals surface area contributed by atoms with Crippen LogP contribution in [-0.2, 0) is 20.7 Å². The van der Waals surface area contributed by atoms with E-state index in [-0.39, 0.29) is 6.04 Å². The maximum atomic E-state index is 11.2. The summed E-state index contributed by atoms with van der Waals surface area (Å²) in [4.78, 5) is 22.1. The Morgan fingerprint density at radius 2 is 1.94 bits per heavy atom. The number of esters is 1. The third-order valence-corrected chi connectivity index (χ3v) is 2.13. The predicted octanol–water partition coefficient (Wildman–Crippen LogP) is 0.907. The zero-order valence-electron chi connectivity index (χ0n) is 9.40. The molecule has 1 aromatic rings. The van der Waals surface area contributed by atoms with Crippen LogP contribution >= 0.6 is 0 Å². The molecule has 0 aliphatic carbocycles. The first-order valence-electron chi connectivity index (χ1n) is 5.06. The molecule has 0 aromatic heterocycles. The number of carbonyl (C=O) groups excluding carboxylic acids is 2. The first kappa shape index (κ1) is 12.2. The summed E-state index contributed by atoms with van der Waals surface area (Å²) in [6.07, 6.45) is 0.684. The lowest BCUT2D eigenvalue weighted by Gasteiger charge is -2.12. The molecule has 0 saturated carbocycles. The van der Waals surface area contributed by atoms with Gasteiger partial charge in [0, 0.05) is 6.04 Å². The molecule has 86 valence electrons. The van der Waals surface area contributed by atoms with Crippen LogP contribution < -0.4 is 5.32 Å². The van der Waals surface area contributed by atoms with E-state index < -0.39 is 11.9 Å². The van der Waals surface area contributed by atoms with Crippen LogP contribution in [0.1, 0.15) is 12.5 Å². The second kappa shape index (κ2) is 5.90. The minimum atomic E-state index is -0.861. The van der Waals surface area contributed by atoms with E-state index in [1.165, 1.54) is 7.11 Å². The number of amides is 1. The summed E-state index contributed by atoms with van der Waals surface area (Å²) in [6.45, 7) is 1.84. The Hall–Kier alpha value is -1.84. The molecule has 16 heavy (non-hydrogen) atoms. The molecule has 0 saturated heterocycles. The number of rotatable bonds is 3. The molecule has 1 amide bonds. The normalized spacial score (nSPS) is 11.6. The topological polar surface area (TPSA) is 55.4 Å². The van der Waals surface area contributed by atoms with Gasteiger partial charge >= 0.3 is 11.9 Å². The summed E-state index contributed by atoms with van der Waals surface area (Å²) in [7, 11) is 1.18. The fraction of sp³-hybridized carbons (Fsp3) is 0.333. The minimum Gasteiger partial charge on any atom is -0.462 e. The third kappa shape index (κ3) is 3.73. The number of hydrogen-bond acceptors (Lipinski definition) is 3. The molecule has 4 nitrogen and oxygen atoms in total. The van der Waals surface area contributed by atoms with Crippen LogP contribution in [0, 0.1) is 0 Å². The van der Waals surface area contributed by atoms with E-state index in [0.717, 1.165) is 5.56 Å². The Labute approximate surface area is 94.6 Å². The summed E-state index contributed by atoms with van der Waals surface area (Å²) in [5.41, 5.74) is 1.11. The van der Waals surface area contributed by atoms with Crippen LogP contribution in [0.4, 0.5) is 0 Å². The molecule has 4 heteroatoms. The first-order chi connectivity index (χ1) is 7.63. The molecule has 1 unspecified atom stereocenters. The molecular weight excluding hydrogens is 206 g/mol. The van der Waals surface area contributed by atoms with Gasteiger partial charge in [-0.05, 0) is 18.9 Å². The SMILES string of the molecule is COC(=O)C(=O)NC(C)Cc1ccccc1. The van der Waals surface area contributed by atoms with Crippen molar-refractivity contribution in [3.63, 3.8) is 0 Å². The van der Waals surface area contributed by atoms with Gasteiger partial charge in [-0.2, -0.15) is 0 Å². The first-order valence-corrected chi connectivity index (χ1v) is 5.06. The van der Waals surface area contributed by atoms with Gasteiger partial charge in [-0.25, -0.2) is 4.79 Å². The highest BCUT2D eigenvalue weighted by Gasteiger charge is 2.16. The molecule has 0 radical (unpaired) electrons. The predicted molar refractivity (Wildman–Crippen MR) is 59.8 cm³/mol. The van der Waals surface area contributed by atoms with E-state index in [2.05, 4.69) is 10.1 Å². The lowest BCUT2D eigenvalue weighted by molar-refractivity contribution is -0.153. The summed E-state index contributed by atoms with van der Waals surface area (Å²) in [5.74, 6) is -1.56. The fourth-order valence-corrected chi connectivity index (χ4v) is 1.39. The highest BCUT2D eigenvalue weighted by Crippen LogP contribution is 2.02. The van der Waals surface area contributed by atoms with Crippen molar-refractivity contribution in [2.24, 2.45) is 0 Å². The number of benzene rings is 1. The Morgan fingerprint density at radius 1 is 1.31 bits per heavy atom. The molecule has 0 aliphatic heterocycles. The Morgan fingerprint density at radius 3 is 2.50 bits per heavy atom. The number of carbonyl (C=O) groups is 2. The van der Waals surface area contributed by atoms with E-state index in [4.69, 9.17) is 0 Å². The zero-order chi connectivity index (χ0) is 12.0. The fourth-order valence-electron chi connectivity index (χ4n) is 1.39. The summed E-state index contributed by atoms with van der Waals surface area (Å²) in [6, 6.07) is 9.64. The second-order valence-corrected chi connectivity index (χ2v) is 3.56. The highest BCUT2D eigenvalue weighted by molar-refractivity contribution is 6.32. The van der Waals surface area contributed by atoms with Gasteiger partial charge in [0.15, 0.2) is 0 Å². The lowest BCUT2D eigenvalue weighted by atomic mass is 10.1. The van der Waals surface area contributed by atoms with E-state index in [1.54, 1.807) is 0 Å². The van der Waals surface area contributed by atoms with E-state index in [9.17, 15) is 9.59 Å². The zero-order valence-corrected chi connectivity index (χ0v) is 9.40. The average molecular weight is 221 g/mol. The summed E-state index contributed by atoms with van der Waals surface area (Å²) in [5, 5.41) is 2.57. The van der Waals surface area contributed by atoms with Crippen LogP contribution in [0.15, 0.2) is 30.3 Å². The van der Waals surface area contributed by atoms with Gasteiger partial charge < -0.3 is 10.1 Å². The van der Waals surface area contributed by atoms with Crippen molar-refractivity contribution in [2.75, 3.05) is 7.11 Å². The summed E-state index contributed by atoms with van der Waals surface area (Å²) < 4.78 is 4.31. The second-order valence-electron chi connectivity index (χ2n) is 3.56. The van der Waals surface area contributed by atoms with Crippen LogP contribution in [-0.4, -0.2) is 25.0 Å². The molecule has 0 bridgehead atoms. The van der Waals surface area contributed by atoms with Crippen molar-refractivity contribution in [2.45, 2.75) is 19.4 Å². The van der Waals surface area contributed by atoms with Crippen LogP contribution in [0.25, 0.3) is 0 Å². The Balaban J connectivity index is 2.45. The van der Waals surface area contributed by atoms with E-state index in [0.29, 0.717) is 6.42 Å². The smallest absolute Gasteiger partial charge is 0.396 e. The Kier molecular flexibility index (Phi) is 4.51. The van der Waals surface area contributed by atoms with Crippen LogP contribution in [0.5, 0.6) is 0 Å². The van der Waals surface area contributed by atoms with Crippen molar-refractivity contribution >= 4 is 11.9 Å². The van der Waals surface area contributed by atoms with Crippen molar-refractivity contribution in [1.82, 2.24) is 5.32 Å². The summed E-state index contributed by atoms with van der Waals surface area (Å²) >= 11 is 0. The molecule has 1 aromatic carbocycles. The van der Waals surface area contributed by atoms with Gasteiger partial charge in [0.25, 0.3) is 0 Å². The minimum absolute atomic E-state index is 0.103. The number of nitrogens with one attached hydrogen (secondary N) is 1. The van der Waals surface area contributed by atoms with E-state index >= 15 is 0 Å². The third-order valence-electron chi connectivity index (χ3n) is 2.13. The molecular formula is C12H15NO3. The average Bonchev–Trinajstić information content (AvgIpc) is 2.29. The van der Waals surface area contributed by atoms with Crippen molar-refractivity contribution in [1.29, 1.82) is 0 Å². The molecule has 1 atom stereocenters. The van der Waals surface area contributed by atoms with Gasteiger partial charge in [0.1, 0.15) is 0 Å².